The molecule has 3 rings (SSSR count). The average molecular weight is 447 g/mol. The number of thiophene rings is 1. The van der Waals surface area contributed by atoms with Gasteiger partial charge in [-0.25, -0.2) is 4.98 Å². The fraction of sp³-hybridized carbons (Fsp3) is 0.214. The highest BCUT2D eigenvalue weighted by atomic mass is 35.5. The zero-order chi connectivity index (χ0) is 18.5. The highest BCUT2D eigenvalue weighted by molar-refractivity contribution is 8.01. The lowest BCUT2D eigenvalue weighted by Crippen LogP contribution is -2.12. The minimum absolute atomic E-state index is 0.148. The van der Waals surface area contributed by atoms with E-state index in [4.69, 9.17) is 16.3 Å². The summed E-state index contributed by atoms with van der Waals surface area (Å²) < 4.78 is 6.08. The molecule has 12 heteroatoms. The molecule has 136 valence electrons. The van der Waals surface area contributed by atoms with Crippen molar-refractivity contribution in [1.29, 1.82) is 0 Å². The lowest BCUT2D eigenvalue weighted by Gasteiger charge is -1.98. The predicted octanol–water partition coefficient (Wildman–Crippen LogP) is 4.28. The summed E-state index contributed by atoms with van der Waals surface area (Å²) in [4.78, 5) is 28.9. The van der Waals surface area contributed by atoms with Crippen LogP contribution in [0.1, 0.15) is 17.4 Å². The highest BCUT2D eigenvalue weighted by Gasteiger charge is 2.16. The molecule has 0 spiro atoms. The first kappa shape index (κ1) is 19.2. The van der Waals surface area contributed by atoms with E-state index < -0.39 is 0 Å². The fourth-order valence-corrected chi connectivity index (χ4v) is 5.18. The smallest absolute Gasteiger partial charge is 0.316 e. The molecule has 26 heavy (non-hydrogen) atoms. The van der Waals surface area contributed by atoms with Crippen LogP contribution in [0.4, 0.5) is 5.13 Å². The number of esters is 1. The highest BCUT2D eigenvalue weighted by Crippen LogP contribution is 2.33. The van der Waals surface area contributed by atoms with Gasteiger partial charge in [0.05, 0.1) is 21.6 Å². The van der Waals surface area contributed by atoms with Gasteiger partial charge >= 0.3 is 5.97 Å². The molecule has 0 saturated heterocycles. The number of thiazole rings is 1. The normalized spacial score (nSPS) is 10.7. The van der Waals surface area contributed by atoms with E-state index in [1.807, 2.05) is 6.07 Å². The molecule has 7 nitrogen and oxygen atoms in total. The zero-order valence-corrected chi connectivity index (χ0v) is 17.2. The number of thioether (sulfide) groups is 1. The van der Waals surface area contributed by atoms with Crippen LogP contribution in [0.25, 0.3) is 9.88 Å². The van der Waals surface area contributed by atoms with Crippen LogP contribution in [0.2, 0.25) is 4.34 Å². The standard InChI is InChI=1S/C14H11ClN4O3S4/c1-2-22-10(20)6-24-14-19-18-13(26-14)17-11(21)7-5-23-12(16-7)8-3-4-9(15)25-8/h3-5H,2,6H2,1H3,(H,17,18,21). The van der Waals surface area contributed by atoms with Crippen LogP contribution in [-0.4, -0.2) is 39.4 Å². The van der Waals surface area contributed by atoms with Crippen molar-refractivity contribution in [2.45, 2.75) is 11.3 Å². The molecule has 0 aliphatic heterocycles. The minimum Gasteiger partial charge on any atom is -0.465 e. The number of aromatic nitrogens is 3. The molecule has 0 radical (unpaired) electrons. The van der Waals surface area contributed by atoms with Gasteiger partial charge < -0.3 is 4.74 Å². The summed E-state index contributed by atoms with van der Waals surface area (Å²) >= 11 is 11.1. The topological polar surface area (TPSA) is 94.1 Å². The molecule has 0 unspecified atom stereocenters. The Bertz CT molecular complexity index is 923. The van der Waals surface area contributed by atoms with Gasteiger partial charge in [-0.05, 0) is 19.1 Å². The van der Waals surface area contributed by atoms with Gasteiger partial charge in [-0.2, -0.15) is 0 Å². The molecule has 0 saturated carbocycles. The van der Waals surface area contributed by atoms with Crippen molar-refractivity contribution in [2.75, 3.05) is 17.7 Å². The fourth-order valence-electron chi connectivity index (χ4n) is 1.72. The molecular formula is C14H11ClN4O3S4. The molecule has 3 aromatic heterocycles. The lowest BCUT2D eigenvalue weighted by atomic mass is 10.4. The zero-order valence-electron chi connectivity index (χ0n) is 13.2. The summed E-state index contributed by atoms with van der Waals surface area (Å²) in [6, 6.07) is 3.66. The second-order valence-corrected chi connectivity index (χ2v) is 9.34. The van der Waals surface area contributed by atoms with Crippen molar-refractivity contribution in [3.63, 3.8) is 0 Å². The largest absolute Gasteiger partial charge is 0.465 e. The Kier molecular flexibility index (Phi) is 6.59. The summed E-state index contributed by atoms with van der Waals surface area (Å²) in [6.07, 6.45) is 0. The molecule has 3 aromatic rings. The van der Waals surface area contributed by atoms with E-state index in [1.54, 1.807) is 18.4 Å². The lowest BCUT2D eigenvalue weighted by molar-refractivity contribution is -0.139. The maximum Gasteiger partial charge on any atom is 0.316 e. The number of amides is 1. The van der Waals surface area contributed by atoms with Crippen LogP contribution in [0.3, 0.4) is 0 Å². The van der Waals surface area contributed by atoms with Crippen molar-refractivity contribution in [3.8, 4) is 9.88 Å². The molecule has 1 N–H and O–H groups in total. The number of anilines is 1. The Morgan fingerprint density at radius 3 is 2.88 bits per heavy atom. The van der Waals surface area contributed by atoms with E-state index in [0.717, 1.165) is 9.88 Å². The summed E-state index contributed by atoms with van der Waals surface area (Å²) in [7, 11) is 0. The Labute approximate surface area is 169 Å². The average Bonchev–Trinajstić information content (AvgIpc) is 3.33. The number of hydrogen-bond donors (Lipinski definition) is 1. The molecule has 0 bridgehead atoms. The SMILES string of the molecule is CCOC(=O)CSc1nnc(NC(=O)c2csc(-c3ccc(Cl)s3)n2)s1. The van der Waals surface area contributed by atoms with Crippen molar-refractivity contribution < 1.29 is 14.3 Å². The van der Waals surface area contributed by atoms with Crippen LogP contribution >= 0.6 is 57.4 Å². The number of halogens is 1. The molecule has 0 fully saturated rings. The van der Waals surface area contributed by atoms with E-state index in [1.165, 1.54) is 45.8 Å². The predicted molar refractivity (Wildman–Crippen MR) is 106 cm³/mol. The molecule has 1 amide bonds. The second-order valence-electron chi connectivity index (χ2n) is 4.56. The van der Waals surface area contributed by atoms with Gasteiger partial charge in [-0.15, -0.1) is 32.9 Å². The third-order valence-corrected chi connectivity index (χ3v) is 6.95. The maximum absolute atomic E-state index is 12.3. The van der Waals surface area contributed by atoms with Gasteiger partial charge in [-0.3, -0.25) is 14.9 Å². The summed E-state index contributed by atoms with van der Waals surface area (Å²) in [5, 5.41) is 13.2. The first-order valence-corrected chi connectivity index (χ1v) is 11.1. The van der Waals surface area contributed by atoms with Crippen molar-refractivity contribution in [3.05, 3.63) is 27.5 Å². The number of hydrogen-bond acceptors (Lipinski definition) is 10. The molecule has 0 aliphatic carbocycles. The first-order valence-electron chi connectivity index (χ1n) is 7.19. The first-order chi connectivity index (χ1) is 12.5. The van der Waals surface area contributed by atoms with Crippen LogP contribution in [0.5, 0.6) is 0 Å². The Balaban J connectivity index is 1.58. The number of carbonyl (C=O) groups is 2. The van der Waals surface area contributed by atoms with Gasteiger partial charge in [-0.1, -0.05) is 34.7 Å². The van der Waals surface area contributed by atoms with Crippen molar-refractivity contribution in [1.82, 2.24) is 15.2 Å². The second kappa shape index (κ2) is 8.91. The van der Waals surface area contributed by atoms with Crippen LogP contribution < -0.4 is 5.32 Å². The molecular weight excluding hydrogens is 436 g/mol. The minimum atomic E-state index is -0.367. The third-order valence-electron chi connectivity index (χ3n) is 2.77. The molecule has 0 atom stereocenters. The van der Waals surface area contributed by atoms with E-state index in [-0.39, 0.29) is 17.6 Å². The van der Waals surface area contributed by atoms with E-state index in [9.17, 15) is 9.59 Å². The molecule has 0 aromatic carbocycles. The number of nitrogens with one attached hydrogen (secondary N) is 1. The van der Waals surface area contributed by atoms with Crippen LogP contribution in [0, 0.1) is 0 Å². The number of nitrogens with zero attached hydrogens (tertiary/aromatic N) is 3. The summed E-state index contributed by atoms with van der Waals surface area (Å²) in [6.45, 7) is 2.09. The van der Waals surface area contributed by atoms with E-state index in [0.29, 0.717) is 26.1 Å². The van der Waals surface area contributed by atoms with Gasteiger partial charge in [0.2, 0.25) is 5.13 Å². The third kappa shape index (κ3) is 5.01. The van der Waals surface area contributed by atoms with Gasteiger partial charge in [0.15, 0.2) is 4.34 Å². The van der Waals surface area contributed by atoms with Crippen LogP contribution in [-0.2, 0) is 9.53 Å². The molecule has 0 aliphatic rings. The van der Waals surface area contributed by atoms with Gasteiger partial charge in [0, 0.05) is 5.38 Å². The van der Waals surface area contributed by atoms with Gasteiger partial charge in [0.25, 0.3) is 5.91 Å². The summed E-state index contributed by atoms with van der Waals surface area (Å²) in [5.41, 5.74) is 0.297. The van der Waals surface area contributed by atoms with Crippen molar-refractivity contribution in [2.24, 2.45) is 0 Å². The Hall–Kier alpha value is -1.53. The van der Waals surface area contributed by atoms with Crippen LogP contribution in [0.15, 0.2) is 21.9 Å². The monoisotopic (exact) mass is 446 g/mol. The van der Waals surface area contributed by atoms with Crippen molar-refractivity contribution >= 4 is 74.4 Å². The Morgan fingerprint density at radius 1 is 1.31 bits per heavy atom. The maximum atomic E-state index is 12.3. The molecule has 3 heterocycles. The number of ether oxygens (including phenoxy) is 1. The van der Waals surface area contributed by atoms with E-state index in [2.05, 4.69) is 20.5 Å². The number of carbonyl (C=O) groups excluding carboxylic acids is 2. The van der Waals surface area contributed by atoms with Gasteiger partial charge in [0.1, 0.15) is 10.7 Å². The quantitative estimate of drug-likeness (QED) is 0.328. The number of rotatable bonds is 7. The summed E-state index contributed by atoms with van der Waals surface area (Å²) in [5.74, 6) is -0.537. The van der Waals surface area contributed by atoms with E-state index >= 15 is 0 Å². The Morgan fingerprint density at radius 2 is 2.15 bits per heavy atom.